The minimum atomic E-state index is -4.41. The highest BCUT2D eigenvalue weighted by atomic mass is 127. The van der Waals surface area contributed by atoms with E-state index in [0.29, 0.717) is 25.7 Å². The largest absolute Gasteiger partial charge is 0.416 e. The van der Waals surface area contributed by atoms with Crippen LogP contribution < -0.4 is 16.0 Å². The van der Waals surface area contributed by atoms with E-state index in [9.17, 15) is 18.0 Å². The van der Waals surface area contributed by atoms with Crippen molar-refractivity contribution >= 4 is 35.8 Å². The molecule has 164 valence electrons. The summed E-state index contributed by atoms with van der Waals surface area (Å²) in [5.41, 5.74) is -0.597. The van der Waals surface area contributed by atoms with Gasteiger partial charge in [0.15, 0.2) is 5.96 Å². The average molecular weight is 528 g/mol. The van der Waals surface area contributed by atoms with E-state index >= 15 is 0 Å². The van der Waals surface area contributed by atoms with Crippen LogP contribution in [0.1, 0.15) is 35.2 Å². The Kier molecular flexibility index (Phi) is 11.3. The molecule has 0 unspecified atom stereocenters. The number of rotatable bonds is 10. The van der Waals surface area contributed by atoms with Gasteiger partial charge in [-0.25, -0.2) is 0 Å². The third-order valence-corrected chi connectivity index (χ3v) is 4.21. The number of benzene rings is 1. The molecule has 0 atom stereocenters. The molecule has 2 rings (SSSR count). The van der Waals surface area contributed by atoms with Crippen LogP contribution in [-0.4, -0.2) is 51.8 Å². The van der Waals surface area contributed by atoms with Crippen molar-refractivity contribution in [1.82, 2.24) is 16.0 Å². The number of carbonyl (C=O) groups is 1. The Labute approximate surface area is 186 Å². The molecule has 0 aliphatic heterocycles. The quantitative estimate of drug-likeness (QED) is 0.189. The second kappa shape index (κ2) is 12.9. The van der Waals surface area contributed by atoms with Crippen LogP contribution in [-0.2, 0) is 10.9 Å². The lowest BCUT2D eigenvalue weighted by Crippen LogP contribution is -2.42. The molecule has 3 N–H and O–H groups in total. The summed E-state index contributed by atoms with van der Waals surface area (Å²) in [7, 11) is 1.65. The van der Waals surface area contributed by atoms with Gasteiger partial charge in [-0.15, -0.1) is 24.0 Å². The molecule has 1 aliphatic rings. The van der Waals surface area contributed by atoms with Gasteiger partial charge in [0.05, 0.1) is 5.56 Å². The van der Waals surface area contributed by atoms with E-state index in [1.165, 1.54) is 12.8 Å². The van der Waals surface area contributed by atoms with Crippen LogP contribution in [0.25, 0.3) is 0 Å². The summed E-state index contributed by atoms with van der Waals surface area (Å²) >= 11 is 0. The molecule has 1 aliphatic carbocycles. The Balaban J connectivity index is 0.00000420. The molecule has 1 aromatic carbocycles. The summed E-state index contributed by atoms with van der Waals surface area (Å²) in [6.07, 6.45) is -0.975. The van der Waals surface area contributed by atoms with Gasteiger partial charge in [0, 0.05) is 45.5 Å². The lowest BCUT2D eigenvalue weighted by Gasteiger charge is -2.12. The Hall–Kier alpha value is -1.56. The number of ether oxygens (including phenoxy) is 1. The zero-order valence-corrected chi connectivity index (χ0v) is 18.7. The van der Waals surface area contributed by atoms with Crippen molar-refractivity contribution in [1.29, 1.82) is 0 Å². The number of aliphatic imine (C=N–C) groups is 1. The zero-order valence-electron chi connectivity index (χ0n) is 16.3. The van der Waals surface area contributed by atoms with Crippen LogP contribution in [0.15, 0.2) is 29.3 Å². The first-order valence-electron chi connectivity index (χ1n) is 9.38. The van der Waals surface area contributed by atoms with Gasteiger partial charge in [-0.3, -0.25) is 9.79 Å². The normalized spacial score (nSPS) is 14.1. The Morgan fingerprint density at radius 2 is 1.72 bits per heavy atom. The van der Waals surface area contributed by atoms with Gasteiger partial charge in [-0.2, -0.15) is 13.2 Å². The van der Waals surface area contributed by atoms with E-state index in [-0.39, 0.29) is 29.5 Å². The van der Waals surface area contributed by atoms with E-state index < -0.39 is 17.6 Å². The van der Waals surface area contributed by atoms with E-state index in [1.54, 1.807) is 7.05 Å². The molecule has 0 saturated heterocycles. The molecule has 0 aromatic heterocycles. The van der Waals surface area contributed by atoms with Crippen LogP contribution >= 0.6 is 24.0 Å². The molecular weight excluding hydrogens is 500 g/mol. The Morgan fingerprint density at radius 3 is 2.31 bits per heavy atom. The fraction of sp³-hybridized carbons (Fsp3) is 0.579. The molecular formula is C19H28F3IN4O2. The molecule has 0 heterocycles. The monoisotopic (exact) mass is 528 g/mol. The van der Waals surface area contributed by atoms with E-state index in [0.717, 1.165) is 49.8 Å². The smallest absolute Gasteiger partial charge is 0.381 e. The highest BCUT2D eigenvalue weighted by molar-refractivity contribution is 14.0. The fourth-order valence-electron chi connectivity index (χ4n) is 2.41. The average Bonchev–Trinajstić information content (AvgIpc) is 3.49. The third kappa shape index (κ3) is 10.2. The maximum absolute atomic E-state index is 12.5. The van der Waals surface area contributed by atoms with Crippen LogP contribution in [0.3, 0.4) is 0 Å². The van der Waals surface area contributed by atoms with Crippen molar-refractivity contribution in [3.05, 3.63) is 35.4 Å². The number of carbonyl (C=O) groups excluding carboxylic acids is 1. The number of hydrogen-bond acceptors (Lipinski definition) is 3. The molecule has 0 bridgehead atoms. The summed E-state index contributed by atoms with van der Waals surface area (Å²) in [5, 5.41) is 8.86. The van der Waals surface area contributed by atoms with Gasteiger partial charge in [0.25, 0.3) is 5.91 Å². The number of hydrogen-bond donors (Lipinski definition) is 3. The van der Waals surface area contributed by atoms with Crippen LogP contribution in [0.5, 0.6) is 0 Å². The molecule has 0 spiro atoms. The van der Waals surface area contributed by atoms with Gasteiger partial charge < -0.3 is 20.7 Å². The lowest BCUT2D eigenvalue weighted by molar-refractivity contribution is -0.137. The predicted octanol–water partition coefficient (Wildman–Crippen LogP) is 3.03. The van der Waals surface area contributed by atoms with Crippen LogP contribution in [0, 0.1) is 5.92 Å². The molecule has 1 amide bonds. The van der Waals surface area contributed by atoms with Crippen molar-refractivity contribution in [3.63, 3.8) is 0 Å². The molecule has 0 radical (unpaired) electrons. The van der Waals surface area contributed by atoms with E-state index in [4.69, 9.17) is 4.74 Å². The van der Waals surface area contributed by atoms with Crippen molar-refractivity contribution < 1.29 is 22.7 Å². The maximum Gasteiger partial charge on any atom is 0.416 e. The third-order valence-electron chi connectivity index (χ3n) is 4.21. The van der Waals surface area contributed by atoms with Gasteiger partial charge in [0.2, 0.25) is 0 Å². The minimum absolute atomic E-state index is 0. The second-order valence-corrected chi connectivity index (χ2v) is 6.63. The van der Waals surface area contributed by atoms with Crippen molar-refractivity contribution in [2.24, 2.45) is 10.9 Å². The molecule has 1 saturated carbocycles. The Bertz CT molecular complexity index is 650. The molecule has 29 heavy (non-hydrogen) atoms. The van der Waals surface area contributed by atoms with Crippen molar-refractivity contribution in [2.75, 3.05) is 39.9 Å². The van der Waals surface area contributed by atoms with Gasteiger partial charge in [-0.05, 0) is 49.4 Å². The summed E-state index contributed by atoms with van der Waals surface area (Å²) in [6.45, 7) is 3.03. The molecule has 1 aromatic rings. The number of alkyl halides is 3. The predicted molar refractivity (Wildman–Crippen MR) is 117 cm³/mol. The number of nitrogens with one attached hydrogen (secondary N) is 3. The Morgan fingerprint density at radius 1 is 1.10 bits per heavy atom. The molecule has 1 fully saturated rings. The fourth-order valence-corrected chi connectivity index (χ4v) is 2.41. The summed E-state index contributed by atoms with van der Waals surface area (Å²) in [4.78, 5) is 16.1. The van der Waals surface area contributed by atoms with Crippen molar-refractivity contribution in [3.8, 4) is 0 Å². The summed E-state index contributed by atoms with van der Waals surface area (Å²) in [5.74, 6) is 0.956. The van der Waals surface area contributed by atoms with Crippen LogP contribution in [0.4, 0.5) is 13.2 Å². The van der Waals surface area contributed by atoms with Gasteiger partial charge >= 0.3 is 6.18 Å². The van der Waals surface area contributed by atoms with Crippen LogP contribution in [0.2, 0.25) is 0 Å². The maximum atomic E-state index is 12.5. The van der Waals surface area contributed by atoms with Crippen molar-refractivity contribution in [2.45, 2.75) is 25.4 Å². The van der Waals surface area contributed by atoms with Gasteiger partial charge in [0.1, 0.15) is 0 Å². The molecule has 6 nitrogen and oxygen atoms in total. The lowest BCUT2D eigenvalue weighted by atomic mass is 10.1. The number of amides is 1. The standard InChI is InChI=1S/C19H27F3N4O2.HI/c1-23-18(25-9-2-12-28-13-14-3-4-14)26-11-10-24-17(27)15-5-7-16(8-6-15)19(20,21)22;/h5-8,14H,2-4,9-13H2,1H3,(H,24,27)(H2,23,25,26);1H. The highest BCUT2D eigenvalue weighted by Gasteiger charge is 2.30. The summed E-state index contributed by atoms with van der Waals surface area (Å²) < 4.78 is 43.1. The number of nitrogens with zero attached hydrogens (tertiary/aromatic N) is 1. The number of guanidine groups is 1. The SMILES string of the molecule is CN=C(NCCCOCC1CC1)NCCNC(=O)c1ccc(C(F)(F)F)cc1.I. The summed E-state index contributed by atoms with van der Waals surface area (Å²) in [6, 6.07) is 4.12. The minimum Gasteiger partial charge on any atom is -0.381 e. The highest BCUT2D eigenvalue weighted by Crippen LogP contribution is 2.29. The first kappa shape index (κ1) is 25.5. The first-order chi connectivity index (χ1) is 13.4. The molecule has 10 heteroatoms. The van der Waals surface area contributed by atoms with Gasteiger partial charge in [-0.1, -0.05) is 0 Å². The zero-order chi connectivity index (χ0) is 20.4. The van der Waals surface area contributed by atoms with E-state index in [2.05, 4.69) is 20.9 Å². The van der Waals surface area contributed by atoms with E-state index in [1.807, 2.05) is 0 Å². The topological polar surface area (TPSA) is 74.8 Å². The number of halogens is 4. The first-order valence-corrected chi connectivity index (χ1v) is 9.38. The second-order valence-electron chi connectivity index (χ2n) is 6.63.